The summed E-state index contributed by atoms with van der Waals surface area (Å²) in [5.41, 5.74) is 3.32. The second-order valence-corrected chi connectivity index (χ2v) is 4.89. The molecule has 3 rings (SSSR count). The first-order valence-corrected chi connectivity index (χ1v) is 6.86. The van der Waals surface area contributed by atoms with Crippen LogP contribution in [0, 0.1) is 0 Å². The van der Waals surface area contributed by atoms with E-state index < -0.39 is 0 Å². The molecule has 1 atom stereocenters. The quantitative estimate of drug-likeness (QED) is 0.777. The third kappa shape index (κ3) is 3.32. The van der Waals surface area contributed by atoms with Crippen LogP contribution in [0.5, 0.6) is 0 Å². The Balaban J connectivity index is 1.83. The molecule has 21 heavy (non-hydrogen) atoms. The van der Waals surface area contributed by atoms with E-state index in [4.69, 9.17) is 0 Å². The summed E-state index contributed by atoms with van der Waals surface area (Å²) in [7, 11) is 1.87. The molecule has 0 aliphatic carbocycles. The van der Waals surface area contributed by atoms with Crippen molar-refractivity contribution in [3.63, 3.8) is 0 Å². The smallest absolute Gasteiger partial charge is 0.0965 e. The van der Waals surface area contributed by atoms with E-state index in [0.29, 0.717) is 6.54 Å². The van der Waals surface area contributed by atoms with Crippen LogP contribution in [0.15, 0.2) is 61.1 Å². The predicted octanol–water partition coefficient (Wildman–Crippen LogP) is 2.09. The van der Waals surface area contributed by atoms with Gasteiger partial charge >= 0.3 is 0 Å². The maximum Gasteiger partial charge on any atom is 0.0965 e. The van der Waals surface area contributed by atoms with Crippen LogP contribution in [0.3, 0.4) is 0 Å². The molecule has 3 aromatic rings. The highest BCUT2D eigenvalue weighted by Crippen LogP contribution is 2.21. The van der Waals surface area contributed by atoms with Gasteiger partial charge in [0.25, 0.3) is 0 Å². The van der Waals surface area contributed by atoms with Crippen molar-refractivity contribution >= 4 is 0 Å². The van der Waals surface area contributed by atoms with Gasteiger partial charge in [-0.1, -0.05) is 35.5 Å². The SMILES string of the molecule is Cn1cc(CNC(c2ccccc2)c2ccncc2)nn1. The molecule has 0 bridgehead atoms. The fourth-order valence-electron chi connectivity index (χ4n) is 2.31. The van der Waals surface area contributed by atoms with E-state index in [1.165, 1.54) is 11.1 Å². The summed E-state index contributed by atoms with van der Waals surface area (Å²) in [6.07, 6.45) is 5.55. The molecule has 1 N–H and O–H groups in total. The lowest BCUT2D eigenvalue weighted by molar-refractivity contribution is 0.595. The van der Waals surface area contributed by atoms with Crippen LogP contribution in [0.2, 0.25) is 0 Å². The zero-order valence-electron chi connectivity index (χ0n) is 11.8. The van der Waals surface area contributed by atoms with Crippen LogP contribution in [-0.4, -0.2) is 20.0 Å². The molecule has 1 aromatic carbocycles. The van der Waals surface area contributed by atoms with Crippen LogP contribution in [0.1, 0.15) is 22.9 Å². The zero-order chi connectivity index (χ0) is 14.5. The molecule has 0 saturated heterocycles. The van der Waals surface area contributed by atoms with E-state index in [0.717, 1.165) is 5.69 Å². The number of benzene rings is 1. The maximum absolute atomic E-state index is 4.11. The van der Waals surface area contributed by atoms with Crippen molar-refractivity contribution in [1.29, 1.82) is 0 Å². The van der Waals surface area contributed by atoms with Crippen molar-refractivity contribution in [1.82, 2.24) is 25.3 Å². The van der Waals surface area contributed by atoms with Gasteiger partial charge in [-0.25, -0.2) is 0 Å². The Morgan fingerprint density at radius 1 is 1.05 bits per heavy atom. The average Bonchev–Trinajstić information content (AvgIpc) is 2.95. The predicted molar refractivity (Wildman–Crippen MR) is 80.4 cm³/mol. The molecule has 2 heterocycles. The third-order valence-corrected chi connectivity index (χ3v) is 3.31. The summed E-state index contributed by atoms with van der Waals surface area (Å²) in [4.78, 5) is 4.09. The first-order valence-electron chi connectivity index (χ1n) is 6.86. The second-order valence-electron chi connectivity index (χ2n) is 4.89. The number of pyridine rings is 1. The summed E-state index contributed by atoms with van der Waals surface area (Å²) in [6, 6.07) is 14.5. The first-order chi connectivity index (χ1) is 10.3. The molecule has 1 unspecified atom stereocenters. The lowest BCUT2D eigenvalue weighted by atomic mass is 10.00. The highest BCUT2D eigenvalue weighted by atomic mass is 15.4. The minimum Gasteiger partial charge on any atom is -0.300 e. The largest absolute Gasteiger partial charge is 0.300 e. The van der Waals surface area contributed by atoms with Crippen LogP contribution in [0.25, 0.3) is 0 Å². The summed E-state index contributed by atoms with van der Waals surface area (Å²) in [5, 5.41) is 11.6. The van der Waals surface area contributed by atoms with Crippen molar-refractivity contribution in [2.75, 3.05) is 0 Å². The van der Waals surface area contributed by atoms with Crippen molar-refractivity contribution in [2.45, 2.75) is 12.6 Å². The Morgan fingerprint density at radius 3 is 2.43 bits per heavy atom. The van der Waals surface area contributed by atoms with Gasteiger partial charge < -0.3 is 5.32 Å². The number of nitrogens with zero attached hydrogens (tertiary/aromatic N) is 4. The van der Waals surface area contributed by atoms with E-state index in [-0.39, 0.29) is 6.04 Å². The minimum absolute atomic E-state index is 0.108. The van der Waals surface area contributed by atoms with Gasteiger partial charge in [-0.2, -0.15) is 0 Å². The number of rotatable bonds is 5. The van der Waals surface area contributed by atoms with Crippen molar-refractivity contribution in [2.24, 2.45) is 7.05 Å². The second kappa shape index (κ2) is 6.28. The highest BCUT2D eigenvalue weighted by Gasteiger charge is 2.13. The molecule has 106 valence electrons. The molecule has 0 amide bonds. The number of nitrogens with one attached hydrogen (secondary N) is 1. The number of hydrogen-bond acceptors (Lipinski definition) is 4. The van der Waals surface area contributed by atoms with Gasteiger partial charge in [0.2, 0.25) is 0 Å². The van der Waals surface area contributed by atoms with Gasteiger partial charge in [0.15, 0.2) is 0 Å². The van der Waals surface area contributed by atoms with Crippen molar-refractivity contribution in [3.05, 3.63) is 77.9 Å². The van der Waals surface area contributed by atoms with Crippen LogP contribution in [-0.2, 0) is 13.6 Å². The molecule has 5 heteroatoms. The summed E-state index contributed by atoms with van der Waals surface area (Å²) in [5.74, 6) is 0. The Hall–Kier alpha value is -2.53. The molecule has 0 aliphatic heterocycles. The number of aryl methyl sites for hydroxylation is 1. The lowest BCUT2D eigenvalue weighted by Gasteiger charge is -2.19. The lowest BCUT2D eigenvalue weighted by Crippen LogP contribution is -2.22. The molecule has 0 fully saturated rings. The monoisotopic (exact) mass is 279 g/mol. The number of aromatic nitrogens is 4. The normalized spacial score (nSPS) is 12.2. The third-order valence-electron chi connectivity index (χ3n) is 3.31. The zero-order valence-corrected chi connectivity index (χ0v) is 11.8. The van der Waals surface area contributed by atoms with Crippen LogP contribution in [0.4, 0.5) is 0 Å². The van der Waals surface area contributed by atoms with Crippen molar-refractivity contribution < 1.29 is 0 Å². The van der Waals surface area contributed by atoms with Gasteiger partial charge in [0.05, 0.1) is 11.7 Å². The molecule has 0 spiro atoms. The Morgan fingerprint density at radius 2 is 1.76 bits per heavy atom. The van der Waals surface area contributed by atoms with Gasteiger partial charge in [0.1, 0.15) is 0 Å². The molecule has 5 nitrogen and oxygen atoms in total. The van der Waals surface area contributed by atoms with E-state index >= 15 is 0 Å². The Kier molecular flexibility index (Phi) is 4.02. The topological polar surface area (TPSA) is 55.6 Å². The molecular formula is C16H17N5. The van der Waals surface area contributed by atoms with Crippen LogP contribution < -0.4 is 5.32 Å². The number of hydrogen-bond donors (Lipinski definition) is 1. The minimum atomic E-state index is 0.108. The molecule has 0 saturated carbocycles. The van der Waals surface area contributed by atoms with Gasteiger partial charge in [0, 0.05) is 32.2 Å². The Bertz CT molecular complexity index is 639. The maximum atomic E-state index is 4.11. The van der Waals surface area contributed by atoms with E-state index in [1.54, 1.807) is 4.68 Å². The van der Waals surface area contributed by atoms with Crippen LogP contribution >= 0.6 is 0 Å². The average molecular weight is 279 g/mol. The van der Waals surface area contributed by atoms with E-state index in [9.17, 15) is 0 Å². The summed E-state index contributed by atoms with van der Waals surface area (Å²) >= 11 is 0. The van der Waals surface area contributed by atoms with Crippen molar-refractivity contribution in [3.8, 4) is 0 Å². The molecule has 0 radical (unpaired) electrons. The fraction of sp³-hybridized carbons (Fsp3) is 0.188. The molecule has 0 aliphatic rings. The summed E-state index contributed by atoms with van der Waals surface area (Å²) < 4.78 is 1.71. The standard InChI is InChI=1S/C16H17N5/c1-21-12-15(19-20-21)11-18-16(13-5-3-2-4-6-13)14-7-9-17-10-8-14/h2-10,12,16,18H,11H2,1H3. The van der Waals surface area contributed by atoms with Gasteiger partial charge in [-0.05, 0) is 23.3 Å². The van der Waals surface area contributed by atoms with E-state index in [2.05, 4.69) is 32.7 Å². The van der Waals surface area contributed by atoms with Gasteiger partial charge in [-0.3, -0.25) is 9.67 Å². The molecular weight excluding hydrogens is 262 g/mol. The fourth-order valence-corrected chi connectivity index (χ4v) is 2.31. The first kappa shape index (κ1) is 13.5. The summed E-state index contributed by atoms with van der Waals surface area (Å²) in [6.45, 7) is 0.662. The van der Waals surface area contributed by atoms with E-state index in [1.807, 2.05) is 56.0 Å². The molecule has 2 aromatic heterocycles. The highest BCUT2D eigenvalue weighted by molar-refractivity contribution is 5.30. The van der Waals surface area contributed by atoms with Gasteiger partial charge in [-0.15, -0.1) is 5.10 Å². The Labute approximate surface area is 123 Å².